The van der Waals surface area contributed by atoms with E-state index in [9.17, 15) is 4.79 Å². The van der Waals surface area contributed by atoms with Crippen LogP contribution in [-0.2, 0) is 4.79 Å². The highest BCUT2D eigenvalue weighted by molar-refractivity contribution is 5.85. The lowest BCUT2D eigenvalue weighted by atomic mass is 10.1. The van der Waals surface area contributed by atoms with E-state index in [1.807, 2.05) is 36.2 Å². The first-order chi connectivity index (χ1) is 8.18. The Bertz CT molecular complexity index is 388. The predicted octanol–water partition coefficient (Wildman–Crippen LogP) is 1.37. The number of hydrogen-bond acceptors (Lipinski definition) is 3. The Morgan fingerprint density at radius 2 is 2.00 bits per heavy atom. The number of likely N-dealkylation sites (N-methyl/N-ethyl adjacent to an activating group) is 1. The lowest BCUT2D eigenvalue weighted by Gasteiger charge is -2.27. The summed E-state index contributed by atoms with van der Waals surface area (Å²) < 4.78 is 0. The van der Waals surface area contributed by atoms with Crippen LogP contribution >= 0.6 is 0 Å². The van der Waals surface area contributed by atoms with Gasteiger partial charge in [-0.3, -0.25) is 4.79 Å². The SMILES string of the molecule is CN(c1ccc(N)cc1)C1CCCCNC1=O. The topological polar surface area (TPSA) is 58.4 Å². The lowest BCUT2D eigenvalue weighted by molar-refractivity contribution is -0.122. The minimum absolute atomic E-state index is 0.0684. The fourth-order valence-electron chi connectivity index (χ4n) is 2.18. The molecular formula is C13H19N3O. The summed E-state index contributed by atoms with van der Waals surface area (Å²) in [6.07, 6.45) is 3.06. The number of carbonyl (C=O) groups excluding carboxylic acids is 1. The molecule has 1 fully saturated rings. The zero-order valence-electron chi connectivity index (χ0n) is 10.1. The standard InChI is InChI=1S/C13H19N3O/c1-16(11-7-5-10(14)6-8-11)12-4-2-3-9-15-13(12)17/h5-8,12H,2-4,9,14H2,1H3,(H,15,17). The average Bonchev–Trinajstić information content (AvgIpc) is 2.54. The molecule has 4 heteroatoms. The molecule has 0 spiro atoms. The molecule has 1 unspecified atom stereocenters. The lowest BCUT2D eigenvalue weighted by Crippen LogP contribution is -2.44. The largest absolute Gasteiger partial charge is 0.399 e. The van der Waals surface area contributed by atoms with Crippen LogP contribution in [0.25, 0.3) is 0 Å². The van der Waals surface area contributed by atoms with Gasteiger partial charge in [-0.25, -0.2) is 0 Å². The van der Waals surface area contributed by atoms with Gasteiger partial charge in [0.15, 0.2) is 0 Å². The monoisotopic (exact) mass is 233 g/mol. The van der Waals surface area contributed by atoms with Gasteiger partial charge in [0.25, 0.3) is 0 Å². The second kappa shape index (κ2) is 5.08. The van der Waals surface area contributed by atoms with Crippen molar-refractivity contribution in [2.75, 3.05) is 24.2 Å². The third-order valence-electron chi connectivity index (χ3n) is 3.27. The van der Waals surface area contributed by atoms with Gasteiger partial charge in [-0.2, -0.15) is 0 Å². The maximum Gasteiger partial charge on any atom is 0.242 e. The number of nitrogens with one attached hydrogen (secondary N) is 1. The molecule has 0 bridgehead atoms. The molecule has 1 aromatic carbocycles. The highest BCUT2D eigenvalue weighted by Gasteiger charge is 2.24. The van der Waals surface area contributed by atoms with Crippen LogP contribution in [0.15, 0.2) is 24.3 Å². The van der Waals surface area contributed by atoms with Crippen molar-refractivity contribution < 1.29 is 4.79 Å². The zero-order chi connectivity index (χ0) is 12.3. The minimum atomic E-state index is -0.0684. The van der Waals surface area contributed by atoms with E-state index in [0.29, 0.717) is 0 Å². The number of amides is 1. The van der Waals surface area contributed by atoms with Crippen LogP contribution < -0.4 is 16.0 Å². The summed E-state index contributed by atoms with van der Waals surface area (Å²) in [5.41, 5.74) is 7.43. The summed E-state index contributed by atoms with van der Waals surface area (Å²) in [5, 5.41) is 2.95. The van der Waals surface area contributed by atoms with Gasteiger partial charge in [0.2, 0.25) is 5.91 Å². The molecule has 1 heterocycles. The summed E-state index contributed by atoms with van der Waals surface area (Å²) in [6.45, 7) is 0.797. The van der Waals surface area contributed by atoms with Crippen LogP contribution in [0.5, 0.6) is 0 Å². The molecule has 17 heavy (non-hydrogen) atoms. The smallest absolute Gasteiger partial charge is 0.242 e. The molecule has 0 aliphatic carbocycles. The Hall–Kier alpha value is -1.71. The van der Waals surface area contributed by atoms with Gasteiger partial charge < -0.3 is 16.0 Å². The van der Waals surface area contributed by atoms with Crippen molar-refractivity contribution in [1.82, 2.24) is 5.32 Å². The van der Waals surface area contributed by atoms with Crippen LogP contribution in [0.3, 0.4) is 0 Å². The first-order valence-corrected chi connectivity index (χ1v) is 6.04. The number of benzene rings is 1. The molecule has 1 aromatic rings. The van der Waals surface area contributed by atoms with Crippen molar-refractivity contribution in [1.29, 1.82) is 0 Å². The number of anilines is 2. The quantitative estimate of drug-likeness (QED) is 0.759. The molecule has 1 amide bonds. The molecular weight excluding hydrogens is 214 g/mol. The van der Waals surface area contributed by atoms with Crippen LogP contribution in [-0.4, -0.2) is 25.5 Å². The molecule has 1 saturated heterocycles. The molecule has 2 rings (SSSR count). The van der Waals surface area contributed by atoms with E-state index in [4.69, 9.17) is 5.73 Å². The molecule has 1 atom stereocenters. The maximum atomic E-state index is 11.9. The second-order valence-corrected chi connectivity index (χ2v) is 4.51. The van der Waals surface area contributed by atoms with Gasteiger partial charge in [0.1, 0.15) is 6.04 Å². The van der Waals surface area contributed by atoms with Crippen molar-refractivity contribution in [2.24, 2.45) is 0 Å². The van der Waals surface area contributed by atoms with Crippen molar-refractivity contribution in [2.45, 2.75) is 25.3 Å². The van der Waals surface area contributed by atoms with Crippen LogP contribution in [0.1, 0.15) is 19.3 Å². The normalized spacial score (nSPS) is 20.5. The van der Waals surface area contributed by atoms with Gasteiger partial charge in [0.05, 0.1) is 0 Å². The van der Waals surface area contributed by atoms with Gasteiger partial charge in [0, 0.05) is 25.0 Å². The van der Waals surface area contributed by atoms with Gasteiger partial charge in [-0.15, -0.1) is 0 Å². The summed E-state index contributed by atoms with van der Waals surface area (Å²) in [7, 11) is 1.96. The third kappa shape index (κ3) is 2.70. The molecule has 1 aliphatic heterocycles. The molecule has 0 radical (unpaired) electrons. The predicted molar refractivity (Wildman–Crippen MR) is 69.9 cm³/mol. The van der Waals surface area contributed by atoms with Crippen LogP contribution in [0.4, 0.5) is 11.4 Å². The van der Waals surface area contributed by atoms with E-state index in [2.05, 4.69) is 5.32 Å². The number of nitrogens with two attached hydrogens (primary N) is 1. The Balaban J connectivity index is 2.14. The van der Waals surface area contributed by atoms with E-state index in [-0.39, 0.29) is 11.9 Å². The Morgan fingerprint density at radius 3 is 2.71 bits per heavy atom. The van der Waals surface area contributed by atoms with Crippen molar-refractivity contribution in [3.63, 3.8) is 0 Å². The van der Waals surface area contributed by atoms with Gasteiger partial charge >= 0.3 is 0 Å². The second-order valence-electron chi connectivity index (χ2n) is 4.51. The summed E-state index contributed by atoms with van der Waals surface area (Å²) in [5.74, 6) is 0.127. The number of rotatable bonds is 2. The average molecular weight is 233 g/mol. The van der Waals surface area contributed by atoms with Gasteiger partial charge in [-0.1, -0.05) is 0 Å². The number of carbonyl (C=O) groups is 1. The summed E-state index contributed by atoms with van der Waals surface area (Å²) >= 11 is 0. The van der Waals surface area contributed by atoms with Crippen molar-refractivity contribution in [3.05, 3.63) is 24.3 Å². The highest BCUT2D eigenvalue weighted by atomic mass is 16.2. The highest BCUT2D eigenvalue weighted by Crippen LogP contribution is 2.20. The third-order valence-corrected chi connectivity index (χ3v) is 3.27. The van der Waals surface area contributed by atoms with E-state index < -0.39 is 0 Å². The molecule has 92 valence electrons. The first-order valence-electron chi connectivity index (χ1n) is 6.04. The number of nitrogens with zero attached hydrogens (tertiary/aromatic N) is 1. The fraction of sp³-hybridized carbons (Fsp3) is 0.462. The van der Waals surface area contributed by atoms with E-state index >= 15 is 0 Å². The molecule has 0 aromatic heterocycles. The maximum absolute atomic E-state index is 11.9. The van der Waals surface area contributed by atoms with Crippen molar-refractivity contribution in [3.8, 4) is 0 Å². The van der Waals surface area contributed by atoms with Crippen LogP contribution in [0, 0.1) is 0 Å². The van der Waals surface area contributed by atoms with Crippen LogP contribution in [0.2, 0.25) is 0 Å². The Labute approximate surface area is 102 Å². The Kier molecular flexibility index (Phi) is 3.52. The molecule has 1 aliphatic rings. The van der Waals surface area contributed by atoms with Gasteiger partial charge in [-0.05, 0) is 43.5 Å². The van der Waals surface area contributed by atoms with E-state index in [0.717, 1.165) is 37.2 Å². The zero-order valence-corrected chi connectivity index (χ0v) is 10.1. The molecule has 4 nitrogen and oxygen atoms in total. The summed E-state index contributed by atoms with van der Waals surface area (Å²) in [6, 6.07) is 7.56. The number of hydrogen-bond donors (Lipinski definition) is 2. The van der Waals surface area contributed by atoms with E-state index in [1.165, 1.54) is 0 Å². The Morgan fingerprint density at radius 1 is 1.29 bits per heavy atom. The molecule has 0 saturated carbocycles. The minimum Gasteiger partial charge on any atom is -0.399 e. The summed E-state index contributed by atoms with van der Waals surface area (Å²) in [4.78, 5) is 13.9. The molecule has 3 N–H and O–H groups in total. The fourth-order valence-corrected chi connectivity index (χ4v) is 2.18. The first kappa shape index (κ1) is 11.8. The van der Waals surface area contributed by atoms with Crippen molar-refractivity contribution >= 4 is 17.3 Å². The number of nitrogen functional groups attached to an aromatic ring is 1. The van der Waals surface area contributed by atoms with E-state index in [1.54, 1.807) is 0 Å².